The average Bonchev–Trinajstić information content (AvgIpc) is 3.23. The summed E-state index contributed by atoms with van der Waals surface area (Å²) in [6, 6.07) is 14.6. The van der Waals surface area contributed by atoms with E-state index in [0.29, 0.717) is 36.0 Å². The standard InChI is InChI=1S/C24H19ClFN3O4/c25-16-4-10-20(11-5-16)33-14-2-13-28-12-1-3-19(28)15-21-22(30)27-24(32)29(23(21)31)18-8-6-17(26)7-9-18/h1,3-12,15H,2,13-14H2,(H,27,30,32)/b21-15-. The lowest BCUT2D eigenvalue weighted by Gasteiger charge is -2.26. The molecule has 0 radical (unpaired) electrons. The van der Waals surface area contributed by atoms with Crippen LogP contribution in [-0.2, 0) is 16.1 Å². The number of barbiturate groups is 1. The predicted molar refractivity (Wildman–Crippen MR) is 121 cm³/mol. The van der Waals surface area contributed by atoms with Gasteiger partial charge in [0, 0.05) is 23.5 Å². The van der Waals surface area contributed by atoms with Crippen LogP contribution in [-0.4, -0.2) is 29.0 Å². The Morgan fingerprint density at radius 3 is 2.45 bits per heavy atom. The number of anilines is 1. The number of aryl methyl sites for hydroxylation is 1. The number of halogens is 2. The molecule has 7 nitrogen and oxygen atoms in total. The van der Waals surface area contributed by atoms with Crippen molar-refractivity contribution in [2.24, 2.45) is 0 Å². The van der Waals surface area contributed by atoms with E-state index >= 15 is 0 Å². The molecule has 1 N–H and O–H groups in total. The number of benzene rings is 2. The minimum atomic E-state index is -0.886. The molecule has 1 aliphatic rings. The Morgan fingerprint density at radius 1 is 1.00 bits per heavy atom. The molecule has 4 amide bonds. The van der Waals surface area contributed by atoms with Crippen molar-refractivity contribution in [2.75, 3.05) is 11.5 Å². The van der Waals surface area contributed by atoms with E-state index < -0.39 is 23.7 Å². The minimum absolute atomic E-state index is 0.159. The van der Waals surface area contributed by atoms with Gasteiger partial charge in [0.2, 0.25) is 0 Å². The smallest absolute Gasteiger partial charge is 0.335 e. The summed E-state index contributed by atoms with van der Waals surface area (Å²) in [7, 11) is 0. The summed E-state index contributed by atoms with van der Waals surface area (Å²) >= 11 is 5.86. The molecule has 2 aromatic carbocycles. The number of hydrogen-bond donors (Lipinski definition) is 1. The van der Waals surface area contributed by atoms with E-state index in [-0.39, 0.29) is 11.3 Å². The lowest BCUT2D eigenvalue weighted by atomic mass is 10.1. The quantitative estimate of drug-likeness (QED) is 0.317. The summed E-state index contributed by atoms with van der Waals surface area (Å²) in [4.78, 5) is 38.4. The van der Waals surface area contributed by atoms with E-state index in [0.717, 1.165) is 17.0 Å². The molecule has 33 heavy (non-hydrogen) atoms. The fraction of sp³-hybridized carbons (Fsp3) is 0.125. The average molecular weight is 468 g/mol. The molecule has 1 saturated heterocycles. The molecule has 3 aromatic rings. The normalized spacial score (nSPS) is 15.2. The summed E-state index contributed by atoms with van der Waals surface area (Å²) in [5.74, 6) is -1.37. The van der Waals surface area contributed by atoms with Crippen LogP contribution in [0.3, 0.4) is 0 Å². The molecule has 0 spiro atoms. The topological polar surface area (TPSA) is 80.6 Å². The van der Waals surface area contributed by atoms with Gasteiger partial charge in [-0.3, -0.25) is 14.9 Å². The lowest BCUT2D eigenvalue weighted by molar-refractivity contribution is -0.122. The summed E-state index contributed by atoms with van der Waals surface area (Å²) in [5, 5.41) is 2.79. The van der Waals surface area contributed by atoms with Crippen molar-refractivity contribution in [3.05, 3.63) is 89.0 Å². The van der Waals surface area contributed by atoms with Gasteiger partial charge in [0.25, 0.3) is 11.8 Å². The fourth-order valence-electron chi connectivity index (χ4n) is 3.35. The van der Waals surface area contributed by atoms with E-state index in [2.05, 4.69) is 5.32 Å². The van der Waals surface area contributed by atoms with Crippen molar-refractivity contribution < 1.29 is 23.5 Å². The van der Waals surface area contributed by atoms with Gasteiger partial charge in [-0.15, -0.1) is 0 Å². The number of rotatable bonds is 7. The van der Waals surface area contributed by atoms with Crippen LogP contribution in [0.1, 0.15) is 12.1 Å². The van der Waals surface area contributed by atoms with Crippen LogP contribution in [0.4, 0.5) is 14.9 Å². The summed E-state index contributed by atoms with van der Waals surface area (Å²) in [6.07, 6.45) is 3.93. The Hall–Kier alpha value is -3.91. The molecule has 0 aliphatic carbocycles. The SMILES string of the molecule is O=C1NC(=O)N(c2ccc(F)cc2)C(=O)/C1=C\c1cccn1CCCOc1ccc(Cl)cc1. The molecule has 1 fully saturated rings. The van der Waals surface area contributed by atoms with Crippen molar-refractivity contribution in [2.45, 2.75) is 13.0 Å². The highest BCUT2D eigenvalue weighted by molar-refractivity contribution is 6.39. The molecule has 4 rings (SSSR count). The van der Waals surface area contributed by atoms with Gasteiger partial charge in [-0.05, 0) is 73.2 Å². The molecule has 168 valence electrons. The minimum Gasteiger partial charge on any atom is -0.494 e. The highest BCUT2D eigenvalue weighted by Crippen LogP contribution is 2.22. The van der Waals surface area contributed by atoms with E-state index in [1.54, 1.807) is 36.4 Å². The Labute approximate surface area is 194 Å². The molecule has 1 aromatic heterocycles. The Kier molecular flexibility index (Phi) is 6.55. The van der Waals surface area contributed by atoms with Gasteiger partial charge in [0.15, 0.2) is 0 Å². The summed E-state index contributed by atoms with van der Waals surface area (Å²) < 4.78 is 20.8. The second-order valence-corrected chi connectivity index (χ2v) is 7.65. The maximum atomic E-state index is 13.2. The van der Waals surface area contributed by atoms with Crippen LogP contribution in [0.2, 0.25) is 5.02 Å². The second-order valence-electron chi connectivity index (χ2n) is 7.22. The number of carbonyl (C=O) groups excluding carboxylic acids is 3. The van der Waals surface area contributed by atoms with E-state index in [1.807, 2.05) is 10.8 Å². The van der Waals surface area contributed by atoms with Gasteiger partial charge in [-0.2, -0.15) is 0 Å². The first-order valence-electron chi connectivity index (χ1n) is 10.1. The van der Waals surface area contributed by atoms with Gasteiger partial charge in [0.05, 0.1) is 12.3 Å². The van der Waals surface area contributed by atoms with E-state index in [9.17, 15) is 18.8 Å². The van der Waals surface area contributed by atoms with Crippen molar-refractivity contribution in [1.82, 2.24) is 9.88 Å². The molecular formula is C24H19ClFN3O4. The van der Waals surface area contributed by atoms with Gasteiger partial charge in [-0.1, -0.05) is 11.6 Å². The number of ether oxygens (including phenoxy) is 1. The Bertz CT molecular complexity index is 1220. The molecule has 0 atom stereocenters. The monoisotopic (exact) mass is 467 g/mol. The van der Waals surface area contributed by atoms with E-state index in [4.69, 9.17) is 16.3 Å². The maximum absolute atomic E-state index is 13.2. The third-order valence-corrected chi connectivity index (χ3v) is 5.22. The highest BCUT2D eigenvalue weighted by Gasteiger charge is 2.36. The first-order chi connectivity index (χ1) is 15.9. The van der Waals surface area contributed by atoms with Crippen molar-refractivity contribution >= 4 is 41.2 Å². The zero-order chi connectivity index (χ0) is 23.4. The van der Waals surface area contributed by atoms with E-state index in [1.165, 1.54) is 18.2 Å². The molecule has 2 heterocycles. The second kappa shape index (κ2) is 9.70. The number of nitrogens with one attached hydrogen (secondary N) is 1. The number of amides is 4. The molecular weight excluding hydrogens is 449 g/mol. The van der Waals surface area contributed by atoms with Gasteiger partial charge in [0.1, 0.15) is 17.1 Å². The Morgan fingerprint density at radius 2 is 1.73 bits per heavy atom. The third kappa shape index (κ3) is 5.12. The number of nitrogens with zero attached hydrogens (tertiary/aromatic N) is 2. The maximum Gasteiger partial charge on any atom is 0.335 e. The predicted octanol–water partition coefficient (Wildman–Crippen LogP) is 4.42. The molecule has 9 heteroatoms. The Balaban J connectivity index is 1.46. The van der Waals surface area contributed by atoms with Crippen LogP contribution in [0.15, 0.2) is 72.4 Å². The molecule has 0 saturated carbocycles. The van der Waals surface area contributed by atoms with Gasteiger partial charge in [-0.25, -0.2) is 14.1 Å². The first-order valence-corrected chi connectivity index (χ1v) is 10.5. The van der Waals surface area contributed by atoms with Crippen LogP contribution < -0.4 is 15.0 Å². The number of imide groups is 2. The first kappa shape index (κ1) is 22.3. The highest BCUT2D eigenvalue weighted by atomic mass is 35.5. The molecule has 1 aliphatic heterocycles. The van der Waals surface area contributed by atoms with Crippen LogP contribution in [0.25, 0.3) is 6.08 Å². The van der Waals surface area contributed by atoms with Crippen molar-refractivity contribution in [3.8, 4) is 5.75 Å². The number of urea groups is 1. The largest absolute Gasteiger partial charge is 0.494 e. The number of carbonyl (C=O) groups is 3. The van der Waals surface area contributed by atoms with Gasteiger partial charge < -0.3 is 9.30 Å². The van der Waals surface area contributed by atoms with Crippen LogP contribution >= 0.6 is 11.6 Å². The van der Waals surface area contributed by atoms with Crippen LogP contribution in [0.5, 0.6) is 5.75 Å². The zero-order valence-electron chi connectivity index (χ0n) is 17.3. The van der Waals surface area contributed by atoms with Gasteiger partial charge >= 0.3 is 6.03 Å². The lowest BCUT2D eigenvalue weighted by Crippen LogP contribution is -2.54. The van der Waals surface area contributed by atoms with Crippen LogP contribution in [0, 0.1) is 5.82 Å². The van der Waals surface area contributed by atoms with Crippen molar-refractivity contribution in [1.29, 1.82) is 0 Å². The molecule has 0 bridgehead atoms. The summed E-state index contributed by atoms with van der Waals surface area (Å²) in [5.41, 5.74) is 0.580. The van der Waals surface area contributed by atoms with Crippen molar-refractivity contribution in [3.63, 3.8) is 0 Å². The third-order valence-electron chi connectivity index (χ3n) is 4.97. The zero-order valence-corrected chi connectivity index (χ0v) is 18.1. The number of hydrogen-bond acceptors (Lipinski definition) is 4. The summed E-state index contributed by atoms with van der Waals surface area (Å²) in [6.45, 7) is 1.04. The number of aromatic nitrogens is 1. The fourth-order valence-corrected chi connectivity index (χ4v) is 3.47. The molecule has 0 unspecified atom stereocenters.